The van der Waals surface area contributed by atoms with Gasteiger partial charge in [-0.1, -0.05) is 26.0 Å². The van der Waals surface area contributed by atoms with E-state index in [4.69, 9.17) is 0 Å². The van der Waals surface area contributed by atoms with E-state index in [0.29, 0.717) is 28.0 Å². The van der Waals surface area contributed by atoms with E-state index in [1.807, 2.05) is 30.9 Å². The Morgan fingerprint density at radius 1 is 1.21 bits per heavy atom. The molecule has 0 aliphatic carbocycles. The van der Waals surface area contributed by atoms with Gasteiger partial charge in [-0.25, -0.2) is 9.50 Å². The number of rotatable bonds is 3. The summed E-state index contributed by atoms with van der Waals surface area (Å²) in [5.74, 6) is -0.0133. The maximum atomic E-state index is 13.0. The molecular formula is C21H21N5O2. The highest BCUT2D eigenvalue weighted by Crippen LogP contribution is 2.27. The Morgan fingerprint density at radius 3 is 2.50 bits per heavy atom. The lowest BCUT2D eigenvalue weighted by atomic mass is 9.97. The van der Waals surface area contributed by atoms with Crippen LogP contribution in [0.5, 0.6) is 0 Å². The smallest absolute Gasteiger partial charge is 0.276 e. The number of nitrogens with zero attached hydrogens (tertiary/aromatic N) is 4. The summed E-state index contributed by atoms with van der Waals surface area (Å²) in [6, 6.07) is 9.27. The number of benzene rings is 1. The first-order valence-corrected chi connectivity index (χ1v) is 9.45. The fraction of sp³-hybridized carbons (Fsp3) is 0.333. The van der Waals surface area contributed by atoms with E-state index in [0.717, 1.165) is 31.5 Å². The van der Waals surface area contributed by atoms with Crippen LogP contribution in [0.1, 0.15) is 54.1 Å². The lowest BCUT2D eigenvalue weighted by Gasteiger charge is -2.16. The summed E-state index contributed by atoms with van der Waals surface area (Å²) >= 11 is 0. The molecule has 1 saturated heterocycles. The number of hydrogen-bond acceptors (Lipinski definition) is 4. The second kappa shape index (κ2) is 6.97. The number of H-pyrrole nitrogens is 1. The Morgan fingerprint density at radius 2 is 1.89 bits per heavy atom. The monoisotopic (exact) mass is 375 g/mol. The van der Waals surface area contributed by atoms with Gasteiger partial charge in [0.05, 0.1) is 5.69 Å². The average molecular weight is 375 g/mol. The first-order chi connectivity index (χ1) is 13.5. The summed E-state index contributed by atoms with van der Waals surface area (Å²) in [7, 11) is 0. The molecule has 4 rings (SSSR count). The third-order valence-corrected chi connectivity index (χ3v) is 5.19. The van der Waals surface area contributed by atoms with Gasteiger partial charge in [-0.3, -0.25) is 14.7 Å². The van der Waals surface area contributed by atoms with Crippen molar-refractivity contribution < 1.29 is 4.79 Å². The molecule has 1 aliphatic heterocycles. The van der Waals surface area contributed by atoms with Crippen LogP contribution < -0.4 is 5.56 Å². The molecule has 2 aromatic heterocycles. The second-order valence-corrected chi connectivity index (χ2v) is 7.37. The molecule has 0 unspecified atom stereocenters. The first-order valence-electron chi connectivity index (χ1n) is 9.45. The van der Waals surface area contributed by atoms with E-state index < -0.39 is 0 Å². The van der Waals surface area contributed by atoms with Gasteiger partial charge in [0.15, 0.2) is 5.65 Å². The Bertz CT molecular complexity index is 1140. The molecule has 3 aromatic rings. The molecule has 1 aromatic carbocycles. The lowest BCUT2D eigenvalue weighted by Crippen LogP contribution is -2.27. The maximum Gasteiger partial charge on any atom is 0.276 e. The summed E-state index contributed by atoms with van der Waals surface area (Å²) in [4.78, 5) is 32.0. The number of amides is 1. The third-order valence-electron chi connectivity index (χ3n) is 5.19. The van der Waals surface area contributed by atoms with Gasteiger partial charge in [-0.15, -0.1) is 0 Å². The van der Waals surface area contributed by atoms with Crippen molar-refractivity contribution in [2.45, 2.75) is 32.6 Å². The number of carbonyl (C=O) groups is 1. The van der Waals surface area contributed by atoms with Crippen LogP contribution in [0.25, 0.3) is 16.9 Å². The number of carbonyl (C=O) groups excluding carboxylic acids is 1. The normalized spacial score (nSPS) is 14.0. The second-order valence-electron chi connectivity index (χ2n) is 7.37. The number of nitrogens with one attached hydrogen (secondary N) is 1. The Balaban J connectivity index is 1.81. The molecule has 3 heterocycles. The molecule has 0 radical (unpaired) electrons. The van der Waals surface area contributed by atoms with E-state index in [1.54, 1.807) is 12.1 Å². The third kappa shape index (κ3) is 2.87. The van der Waals surface area contributed by atoms with Crippen LogP contribution in [0.3, 0.4) is 0 Å². The van der Waals surface area contributed by atoms with E-state index >= 15 is 0 Å². The Labute approximate surface area is 162 Å². The number of aromatic nitrogens is 3. The van der Waals surface area contributed by atoms with Crippen molar-refractivity contribution in [2.24, 2.45) is 0 Å². The van der Waals surface area contributed by atoms with E-state index in [-0.39, 0.29) is 17.4 Å². The topological polar surface area (TPSA) is 94.3 Å². The fourth-order valence-corrected chi connectivity index (χ4v) is 3.72. The number of nitriles is 1. The van der Waals surface area contributed by atoms with Crippen molar-refractivity contribution in [3.05, 3.63) is 57.5 Å². The standard InChI is InChI=1S/C21H21N5O2/c1-13(2)17-18(24-19-16(11-22)12-23-26(19)21(17)28)14-5-7-15(8-6-14)20(27)25-9-3-4-10-25/h5-8,12-13,23H,3-4,9-10H2,1-2H3. The lowest BCUT2D eigenvalue weighted by molar-refractivity contribution is 0.0793. The summed E-state index contributed by atoms with van der Waals surface area (Å²) in [5.41, 5.74) is 2.92. The van der Waals surface area contributed by atoms with Gasteiger partial charge < -0.3 is 4.90 Å². The minimum absolute atomic E-state index is 0.0361. The van der Waals surface area contributed by atoms with Crippen LogP contribution in [-0.4, -0.2) is 38.5 Å². The van der Waals surface area contributed by atoms with Crippen LogP contribution in [-0.2, 0) is 0 Å². The highest BCUT2D eigenvalue weighted by atomic mass is 16.2. The number of aromatic amines is 1. The van der Waals surface area contributed by atoms with Gasteiger partial charge in [0.1, 0.15) is 11.6 Å². The quantitative estimate of drug-likeness (QED) is 0.761. The van der Waals surface area contributed by atoms with Crippen LogP contribution in [0.15, 0.2) is 35.3 Å². The predicted octanol–water partition coefficient (Wildman–Crippen LogP) is 2.92. The van der Waals surface area contributed by atoms with Crippen LogP contribution in [0.4, 0.5) is 0 Å². The average Bonchev–Trinajstić information content (AvgIpc) is 3.37. The van der Waals surface area contributed by atoms with E-state index in [9.17, 15) is 14.9 Å². The summed E-state index contributed by atoms with van der Waals surface area (Å²) in [6.45, 7) is 5.48. The first kappa shape index (κ1) is 18.0. The molecular weight excluding hydrogens is 354 g/mol. The van der Waals surface area contributed by atoms with E-state index in [2.05, 4.69) is 16.2 Å². The van der Waals surface area contributed by atoms with Gasteiger partial charge in [0.25, 0.3) is 11.5 Å². The maximum absolute atomic E-state index is 13.0. The van der Waals surface area contributed by atoms with Crippen molar-refractivity contribution in [2.75, 3.05) is 13.1 Å². The van der Waals surface area contributed by atoms with Gasteiger partial charge in [-0.05, 0) is 30.9 Å². The zero-order valence-corrected chi connectivity index (χ0v) is 15.9. The number of likely N-dealkylation sites (tertiary alicyclic amines) is 1. The van der Waals surface area contributed by atoms with Crippen LogP contribution >= 0.6 is 0 Å². The number of hydrogen-bond donors (Lipinski definition) is 1. The van der Waals surface area contributed by atoms with Crippen LogP contribution in [0.2, 0.25) is 0 Å². The number of fused-ring (bicyclic) bond motifs is 1. The minimum atomic E-state index is -0.214. The van der Waals surface area contributed by atoms with Crippen LogP contribution in [0, 0.1) is 11.3 Å². The molecule has 0 saturated carbocycles. The van der Waals surface area contributed by atoms with Gasteiger partial charge in [0.2, 0.25) is 0 Å². The predicted molar refractivity (Wildman–Crippen MR) is 105 cm³/mol. The van der Waals surface area contributed by atoms with Gasteiger partial charge in [-0.2, -0.15) is 5.26 Å². The highest BCUT2D eigenvalue weighted by Gasteiger charge is 2.22. The fourth-order valence-electron chi connectivity index (χ4n) is 3.72. The van der Waals surface area contributed by atoms with E-state index in [1.165, 1.54) is 10.7 Å². The SMILES string of the molecule is CC(C)c1c(-c2ccc(C(=O)N3CCCC3)cc2)nc2c(C#N)c[nH]n2c1=O. The largest absolute Gasteiger partial charge is 0.339 e. The Kier molecular flexibility index (Phi) is 4.47. The molecule has 28 heavy (non-hydrogen) atoms. The Hall–Kier alpha value is -3.40. The van der Waals surface area contributed by atoms with Crippen molar-refractivity contribution in [3.8, 4) is 17.3 Å². The molecule has 1 fully saturated rings. The summed E-state index contributed by atoms with van der Waals surface area (Å²) in [6.07, 6.45) is 3.58. The molecule has 7 heteroatoms. The molecule has 1 amide bonds. The summed E-state index contributed by atoms with van der Waals surface area (Å²) < 4.78 is 1.31. The molecule has 1 N–H and O–H groups in total. The van der Waals surface area contributed by atoms with Crippen molar-refractivity contribution in [1.82, 2.24) is 19.5 Å². The summed E-state index contributed by atoms with van der Waals surface area (Å²) in [5, 5.41) is 12.1. The molecule has 142 valence electrons. The van der Waals surface area contributed by atoms with Gasteiger partial charge in [0, 0.05) is 36.0 Å². The highest BCUT2D eigenvalue weighted by molar-refractivity contribution is 5.94. The van der Waals surface area contributed by atoms with Crippen molar-refractivity contribution in [3.63, 3.8) is 0 Å². The molecule has 0 atom stereocenters. The molecule has 7 nitrogen and oxygen atoms in total. The zero-order chi connectivity index (χ0) is 19.8. The minimum Gasteiger partial charge on any atom is -0.339 e. The molecule has 0 bridgehead atoms. The van der Waals surface area contributed by atoms with Crippen molar-refractivity contribution >= 4 is 11.6 Å². The van der Waals surface area contributed by atoms with Crippen molar-refractivity contribution in [1.29, 1.82) is 5.26 Å². The molecule has 1 aliphatic rings. The van der Waals surface area contributed by atoms with Gasteiger partial charge >= 0.3 is 0 Å². The zero-order valence-electron chi connectivity index (χ0n) is 15.9. The molecule has 0 spiro atoms.